The summed E-state index contributed by atoms with van der Waals surface area (Å²) in [7, 11) is 0. The summed E-state index contributed by atoms with van der Waals surface area (Å²) in [6, 6.07) is 2.07. The predicted molar refractivity (Wildman–Crippen MR) is 68.1 cm³/mol. The van der Waals surface area contributed by atoms with E-state index in [-0.39, 0.29) is 0 Å². The van der Waals surface area contributed by atoms with Crippen LogP contribution in [0.4, 0.5) is 5.69 Å². The molecule has 6 heteroatoms. The van der Waals surface area contributed by atoms with Crippen molar-refractivity contribution in [1.82, 2.24) is 10.2 Å². The van der Waals surface area contributed by atoms with Crippen LogP contribution in [0.3, 0.4) is 0 Å². The third-order valence-electron chi connectivity index (χ3n) is 1.94. The van der Waals surface area contributed by atoms with Gasteiger partial charge in [0.05, 0.1) is 5.69 Å². The van der Waals surface area contributed by atoms with Crippen molar-refractivity contribution >= 4 is 40.7 Å². The number of hydrogen-bond acceptors (Lipinski definition) is 4. The first-order chi connectivity index (χ1) is 7.17. The Morgan fingerprint density at radius 3 is 2.80 bits per heavy atom. The molecule has 0 aliphatic heterocycles. The molecule has 0 bridgehead atoms. The molecule has 0 saturated carbocycles. The van der Waals surface area contributed by atoms with E-state index in [4.69, 9.17) is 23.2 Å². The molecule has 0 aromatic carbocycles. The first-order valence-corrected chi connectivity index (χ1v) is 6.76. The Morgan fingerprint density at radius 1 is 1.47 bits per heavy atom. The van der Waals surface area contributed by atoms with Crippen molar-refractivity contribution in [1.29, 1.82) is 0 Å². The van der Waals surface area contributed by atoms with Crippen LogP contribution in [0.1, 0.15) is 13.3 Å². The van der Waals surface area contributed by atoms with Gasteiger partial charge in [-0.1, -0.05) is 30.1 Å². The maximum atomic E-state index is 5.90. The van der Waals surface area contributed by atoms with Crippen LogP contribution < -0.4 is 5.32 Å². The van der Waals surface area contributed by atoms with Crippen molar-refractivity contribution in [2.45, 2.75) is 19.4 Å². The van der Waals surface area contributed by atoms with Gasteiger partial charge in [-0.3, -0.25) is 0 Å². The normalized spacial score (nSPS) is 12.5. The summed E-state index contributed by atoms with van der Waals surface area (Å²) in [5.74, 6) is 1.02. The zero-order valence-electron chi connectivity index (χ0n) is 8.63. The van der Waals surface area contributed by atoms with Crippen molar-refractivity contribution in [2.75, 3.05) is 17.3 Å². The molecule has 84 valence electrons. The van der Waals surface area contributed by atoms with Crippen LogP contribution in [0.25, 0.3) is 0 Å². The van der Waals surface area contributed by atoms with E-state index in [0.29, 0.717) is 16.3 Å². The van der Waals surface area contributed by atoms with Gasteiger partial charge in [-0.15, -0.1) is 10.2 Å². The first-order valence-electron chi connectivity index (χ1n) is 4.61. The number of hydrogen-bond donors (Lipinski definition) is 1. The SMILES string of the molecule is CCC(CSC)Nc1cc(Cl)nnc1Cl. The highest BCUT2D eigenvalue weighted by Crippen LogP contribution is 2.22. The van der Waals surface area contributed by atoms with E-state index in [1.807, 2.05) is 0 Å². The van der Waals surface area contributed by atoms with E-state index in [0.717, 1.165) is 17.9 Å². The monoisotopic (exact) mass is 265 g/mol. The van der Waals surface area contributed by atoms with Gasteiger partial charge in [0.25, 0.3) is 0 Å². The number of aromatic nitrogens is 2. The van der Waals surface area contributed by atoms with Crippen LogP contribution >= 0.6 is 35.0 Å². The van der Waals surface area contributed by atoms with Gasteiger partial charge in [0.15, 0.2) is 10.3 Å². The van der Waals surface area contributed by atoms with Gasteiger partial charge >= 0.3 is 0 Å². The lowest BCUT2D eigenvalue weighted by atomic mass is 10.2. The number of halogens is 2. The zero-order chi connectivity index (χ0) is 11.3. The summed E-state index contributed by atoms with van der Waals surface area (Å²) in [5, 5.41) is 11.4. The van der Waals surface area contributed by atoms with Crippen molar-refractivity contribution in [3.63, 3.8) is 0 Å². The Morgan fingerprint density at radius 2 is 2.20 bits per heavy atom. The second-order valence-corrected chi connectivity index (χ2v) is 4.73. The lowest BCUT2D eigenvalue weighted by Gasteiger charge is -2.17. The molecule has 0 spiro atoms. The van der Waals surface area contributed by atoms with Gasteiger partial charge in [0.1, 0.15) is 0 Å². The molecule has 1 aromatic rings. The molecule has 0 aliphatic rings. The maximum absolute atomic E-state index is 5.90. The van der Waals surface area contributed by atoms with E-state index in [1.165, 1.54) is 0 Å². The molecule has 1 atom stereocenters. The third-order valence-corrected chi connectivity index (χ3v) is 3.14. The Hall–Kier alpha value is -0.190. The first kappa shape index (κ1) is 12.9. The lowest BCUT2D eigenvalue weighted by molar-refractivity contribution is 0.773. The standard InChI is InChI=1S/C9H13Cl2N3S/c1-3-6(5-15-2)12-7-4-8(10)13-14-9(7)11/h4,6H,3,5H2,1-2H3,(H,12,13). The zero-order valence-corrected chi connectivity index (χ0v) is 11.0. The molecule has 1 N–H and O–H groups in total. The Bertz CT molecular complexity index is 322. The fourth-order valence-corrected chi connectivity index (χ4v) is 2.15. The van der Waals surface area contributed by atoms with E-state index < -0.39 is 0 Å². The number of nitrogens with zero attached hydrogens (tertiary/aromatic N) is 2. The van der Waals surface area contributed by atoms with Crippen LogP contribution in [-0.2, 0) is 0 Å². The molecule has 0 amide bonds. The fourth-order valence-electron chi connectivity index (χ4n) is 1.14. The molecular weight excluding hydrogens is 253 g/mol. The van der Waals surface area contributed by atoms with E-state index in [1.54, 1.807) is 17.8 Å². The average Bonchev–Trinajstić information content (AvgIpc) is 2.22. The summed E-state index contributed by atoms with van der Waals surface area (Å²) < 4.78 is 0. The summed E-state index contributed by atoms with van der Waals surface area (Å²) in [6.07, 6.45) is 3.10. The molecular formula is C9H13Cl2N3S. The highest BCUT2D eigenvalue weighted by Gasteiger charge is 2.09. The van der Waals surface area contributed by atoms with Gasteiger partial charge in [0, 0.05) is 17.9 Å². The number of rotatable bonds is 5. The second-order valence-electron chi connectivity index (χ2n) is 3.08. The quantitative estimate of drug-likeness (QED) is 0.887. The molecule has 3 nitrogen and oxygen atoms in total. The van der Waals surface area contributed by atoms with Crippen molar-refractivity contribution in [3.8, 4) is 0 Å². The molecule has 1 unspecified atom stereocenters. The molecule has 1 heterocycles. The highest BCUT2D eigenvalue weighted by atomic mass is 35.5. The van der Waals surface area contributed by atoms with Crippen molar-refractivity contribution in [3.05, 3.63) is 16.4 Å². The van der Waals surface area contributed by atoms with Crippen molar-refractivity contribution < 1.29 is 0 Å². The number of anilines is 1. The van der Waals surface area contributed by atoms with Crippen molar-refractivity contribution in [2.24, 2.45) is 0 Å². The van der Waals surface area contributed by atoms with E-state index in [2.05, 4.69) is 28.7 Å². The average molecular weight is 266 g/mol. The highest BCUT2D eigenvalue weighted by molar-refractivity contribution is 7.98. The largest absolute Gasteiger partial charge is 0.379 e. The van der Waals surface area contributed by atoms with Gasteiger partial charge < -0.3 is 5.32 Å². The molecule has 0 radical (unpaired) electrons. The van der Waals surface area contributed by atoms with E-state index >= 15 is 0 Å². The van der Waals surface area contributed by atoms with Crippen LogP contribution in [0.2, 0.25) is 10.3 Å². The Kier molecular flexibility index (Phi) is 5.50. The Labute approximate surface area is 104 Å². The molecule has 0 fully saturated rings. The minimum Gasteiger partial charge on any atom is -0.379 e. The number of thioether (sulfide) groups is 1. The molecule has 0 saturated heterocycles. The van der Waals surface area contributed by atoms with Crippen LogP contribution in [0, 0.1) is 0 Å². The molecule has 1 aromatic heterocycles. The lowest BCUT2D eigenvalue weighted by Crippen LogP contribution is -2.21. The van der Waals surface area contributed by atoms with Gasteiger partial charge in [-0.05, 0) is 12.7 Å². The predicted octanol–water partition coefficient (Wildman–Crippen LogP) is 3.34. The van der Waals surface area contributed by atoms with Gasteiger partial charge in [-0.25, -0.2) is 0 Å². The second kappa shape index (κ2) is 6.40. The van der Waals surface area contributed by atoms with Gasteiger partial charge in [-0.2, -0.15) is 11.8 Å². The Balaban J connectivity index is 2.73. The molecule has 1 rings (SSSR count). The van der Waals surface area contributed by atoms with Crippen LogP contribution in [-0.4, -0.2) is 28.2 Å². The summed E-state index contributed by atoms with van der Waals surface area (Å²) in [4.78, 5) is 0. The summed E-state index contributed by atoms with van der Waals surface area (Å²) >= 11 is 13.4. The summed E-state index contributed by atoms with van der Waals surface area (Å²) in [6.45, 7) is 2.12. The van der Waals surface area contributed by atoms with Gasteiger partial charge in [0.2, 0.25) is 0 Å². The van der Waals surface area contributed by atoms with Crippen LogP contribution in [0.5, 0.6) is 0 Å². The summed E-state index contributed by atoms with van der Waals surface area (Å²) in [5.41, 5.74) is 0.748. The molecule has 0 aliphatic carbocycles. The third kappa shape index (κ3) is 4.05. The molecule has 15 heavy (non-hydrogen) atoms. The minimum atomic E-state index is 0.348. The minimum absolute atomic E-state index is 0.348. The topological polar surface area (TPSA) is 37.8 Å². The van der Waals surface area contributed by atoms with Crippen LogP contribution in [0.15, 0.2) is 6.07 Å². The smallest absolute Gasteiger partial charge is 0.174 e. The fraction of sp³-hybridized carbons (Fsp3) is 0.556. The maximum Gasteiger partial charge on any atom is 0.174 e. The number of nitrogens with one attached hydrogen (secondary N) is 1. The van der Waals surface area contributed by atoms with E-state index in [9.17, 15) is 0 Å².